The summed E-state index contributed by atoms with van der Waals surface area (Å²) in [5.41, 5.74) is 6.09. The van der Waals surface area contributed by atoms with Crippen LogP contribution in [-0.2, 0) is 0 Å². The van der Waals surface area contributed by atoms with Crippen LogP contribution in [0.4, 0.5) is 0 Å². The number of likely N-dealkylation sites (tertiary alicyclic amines) is 1. The summed E-state index contributed by atoms with van der Waals surface area (Å²) in [7, 11) is 0. The van der Waals surface area contributed by atoms with Gasteiger partial charge in [0, 0.05) is 24.7 Å². The summed E-state index contributed by atoms with van der Waals surface area (Å²) in [5.74, 6) is 0.643. The molecule has 1 aliphatic carbocycles. The maximum Gasteiger partial charge on any atom is 0.0167 e. The Labute approximate surface area is 87.2 Å². The van der Waals surface area contributed by atoms with Gasteiger partial charge < -0.3 is 5.73 Å². The van der Waals surface area contributed by atoms with E-state index in [1.165, 1.54) is 25.8 Å². The Balaban J connectivity index is 1.99. The van der Waals surface area contributed by atoms with Crippen molar-refractivity contribution in [2.75, 3.05) is 6.54 Å². The highest BCUT2D eigenvalue weighted by Gasteiger charge is 2.34. The molecule has 0 radical (unpaired) electrons. The zero-order chi connectivity index (χ0) is 10.1. The Kier molecular flexibility index (Phi) is 2.93. The van der Waals surface area contributed by atoms with Gasteiger partial charge in [0.25, 0.3) is 0 Å². The first-order valence-corrected chi connectivity index (χ1v) is 5.86. The molecule has 0 amide bonds. The molecule has 2 nitrogen and oxygen atoms in total. The molecule has 0 bridgehead atoms. The van der Waals surface area contributed by atoms with Gasteiger partial charge in [-0.1, -0.05) is 19.1 Å². The van der Waals surface area contributed by atoms with Crippen LogP contribution in [0, 0.1) is 5.92 Å². The van der Waals surface area contributed by atoms with Crippen LogP contribution in [0.25, 0.3) is 0 Å². The van der Waals surface area contributed by atoms with Gasteiger partial charge in [-0.15, -0.1) is 0 Å². The fourth-order valence-electron chi connectivity index (χ4n) is 2.81. The smallest absolute Gasteiger partial charge is 0.0167 e. The summed E-state index contributed by atoms with van der Waals surface area (Å²) in [6.07, 6.45) is 8.29. The summed E-state index contributed by atoms with van der Waals surface area (Å²) in [6.45, 7) is 5.82. The molecule has 1 aliphatic heterocycles. The molecule has 0 saturated carbocycles. The fraction of sp³-hybridized carbons (Fsp3) is 0.833. The molecular weight excluding hydrogens is 172 g/mol. The predicted molar refractivity (Wildman–Crippen MR) is 60.1 cm³/mol. The van der Waals surface area contributed by atoms with Crippen LogP contribution in [0.3, 0.4) is 0 Å². The molecule has 2 rings (SSSR count). The van der Waals surface area contributed by atoms with E-state index in [-0.39, 0.29) is 0 Å². The van der Waals surface area contributed by atoms with Crippen molar-refractivity contribution in [3.63, 3.8) is 0 Å². The number of piperidine rings is 1. The van der Waals surface area contributed by atoms with Crippen molar-refractivity contribution >= 4 is 0 Å². The summed E-state index contributed by atoms with van der Waals surface area (Å²) in [4.78, 5) is 2.66. The van der Waals surface area contributed by atoms with Crippen molar-refractivity contribution in [1.82, 2.24) is 4.90 Å². The van der Waals surface area contributed by atoms with Crippen LogP contribution in [0.15, 0.2) is 12.2 Å². The first-order chi connectivity index (χ1) is 6.70. The average molecular weight is 194 g/mol. The van der Waals surface area contributed by atoms with Crippen molar-refractivity contribution in [1.29, 1.82) is 0 Å². The Hall–Kier alpha value is -0.340. The maximum atomic E-state index is 6.09. The second-order valence-electron chi connectivity index (χ2n) is 4.89. The van der Waals surface area contributed by atoms with Gasteiger partial charge in [0.1, 0.15) is 0 Å². The molecule has 14 heavy (non-hydrogen) atoms. The summed E-state index contributed by atoms with van der Waals surface area (Å²) < 4.78 is 0. The zero-order valence-corrected chi connectivity index (χ0v) is 9.32. The average Bonchev–Trinajstić information content (AvgIpc) is 2.67. The number of rotatable bonds is 1. The minimum Gasteiger partial charge on any atom is -0.327 e. The van der Waals surface area contributed by atoms with E-state index in [2.05, 4.69) is 30.9 Å². The summed E-state index contributed by atoms with van der Waals surface area (Å²) >= 11 is 0. The van der Waals surface area contributed by atoms with E-state index in [9.17, 15) is 0 Å². The van der Waals surface area contributed by atoms with E-state index in [0.717, 1.165) is 6.04 Å². The Morgan fingerprint density at radius 2 is 1.86 bits per heavy atom. The van der Waals surface area contributed by atoms with Gasteiger partial charge in [-0.25, -0.2) is 0 Å². The molecule has 2 aliphatic rings. The van der Waals surface area contributed by atoms with Gasteiger partial charge in [0.2, 0.25) is 0 Å². The van der Waals surface area contributed by atoms with Crippen LogP contribution in [0.5, 0.6) is 0 Å². The first-order valence-electron chi connectivity index (χ1n) is 5.86. The molecule has 0 aromatic carbocycles. The van der Waals surface area contributed by atoms with Crippen molar-refractivity contribution in [3.8, 4) is 0 Å². The zero-order valence-electron chi connectivity index (χ0n) is 9.32. The van der Waals surface area contributed by atoms with Gasteiger partial charge in [0.05, 0.1) is 0 Å². The molecule has 3 unspecified atom stereocenters. The Bertz CT molecular complexity index is 216. The molecule has 0 aromatic heterocycles. The van der Waals surface area contributed by atoms with Crippen LogP contribution in [0.1, 0.15) is 33.1 Å². The highest BCUT2D eigenvalue weighted by atomic mass is 15.2. The number of hydrogen-bond acceptors (Lipinski definition) is 2. The molecule has 80 valence electrons. The van der Waals surface area contributed by atoms with Crippen molar-refractivity contribution in [2.24, 2.45) is 11.7 Å². The topological polar surface area (TPSA) is 29.3 Å². The fourth-order valence-corrected chi connectivity index (χ4v) is 2.81. The van der Waals surface area contributed by atoms with Gasteiger partial charge in [-0.3, -0.25) is 4.90 Å². The minimum atomic E-state index is 0.413. The Morgan fingerprint density at radius 3 is 2.50 bits per heavy atom. The molecule has 1 fully saturated rings. The number of hydrogen-bond donors (Lipinski definition) is 1. The molecule has 0 spiro atoms. The van der Waals surface area contributed by atoms with Crippen LogP contribution >= 0.6 is 0 Å². The first kappa shape index (κ1) is 10.2. The number of nitrogens with zero attached hydrogens (tertiary/aromatic N) is 1. The van der Waals surface area contributed by atoms with Crippen LogP contribution in [0.2, 0.25) is 0 Å². The molecule has 2 N–H and O–H groups in total. The van der Waals surface area contributed by atoms with Gasteiger partial charge in [-0.05, 0) is 32.1 Å². The molecule has 0 aromatic rings. The lowest BCUT2D eigenvalue weighted by atomic mass is 9.86. The van der Waals surface area contributed by atoms with Gasteiger partial charge >= 0.3 is 0 Å². The van der Waals surface area contributed by atoms with E-state index < -0.39 is 0 Å². The van der Waals surface area contributed by atoms with Crippen molar-refractivity contribution in [3.05, 3.63) is 12.2 Å². The third-order valence-corrected chi connectivity index (χ3v) is 4.13. The predicted octanol–water partition coefficient (Wildman–Crippen LogP) is 1.76. The van der Waals surface area contributed by atoms with Crippen molar-refractivity contribution in [2.45, 2.75) is 51.2 Å². The monoisotopic (exact) mass is 194 g/mol. The lowest BCUT2D eigenvalue weighted by molar-refractivity contribution is 0.0608. The lowest BCUT2D eigenvalue weighted by Crippen LogP contribution is -2.54. The largest absolute Gasteiger partial charge is 0.327 e. The van der Waals surface area contributed by atoms with E-state index in [1.54, 1.807) is 0 Å². The standard InChI is InChI=1S/C12H22N2/c1-9-10(2)14(8-7-12(9)13)11-5-3-4-6-11/h3-4,9-12H,5-8,13H2,1-2H3. The summed E-state index contributed by atoms with van der Waals surface area (Å²) in [6, 6.07) is 1.83. The third kappa shape index (κ3) is 1.73. The van der Waals surface area contributed by atoms with Crippen LogP contribution < -0.4 is 5.73 Å². The van der Waals surface area contributed by atoms with Crippen LogP contribution in [-0.4, -0.2) is 29.6 Å². The quantitative estimate of drug-likeness (QED) is 0.645. The normalized spacial score (nSPS) is 40.6. The summed E-state index contributed by atoms with van der Waals surface area (Å²) in [5, 5.41) is 0. The SMILES string of the molecule is CC1C(N)CCN(C2CC=CC2)C1C. The Morgan fingerprint density at radius 1 is 1.21 bits per heavy atom. The maximum absolute atomic E-state index is 6.09. The second kappa shape index (κ2) is 4.03. The molecular formula is C12H22N2. The molecule has 1 saturated heterocycles. The number of nitrogens with two attached hydrogens (primary N) is 1. The second-order valence-corrected chi connectivity index (χ2v) is 4.89. The van der Waals surface area contributed by atoms with E-state index >= 15 is 0 Å². The van der Waals surface area contributed by atoms with E-state index in [4.69, 9.17) is 5.73 Å². The van der Waals surface area contributed by atoms with E-state index in [1.807, 2.05) is 0 Å². The van der Waals surface area contributed by atoms with Crippen molar-refractivity contribution < 1.29 is 0 Å². The molecule has 2 heteroatoms. The highest BCUT2D eigenvalue weighted by molar-refractivity contribution is 5.01. The third-order valence-electron chi connectivity index (χ3n) is 4.13. The highest BCUT2D eigenvalue weighted by Crippen LogP contribution is 2.28. The van der Waals surface area contributed by atoms with Gasteiger partial charge in [0.15, 0.2) is 0 Å². The molecule has 3 atom stereocenters. The van der Waals surface area contributed by atoms with E-state index in [0.29, 0.717) is 18.0 Å². The molecule has 1 heterocycles. The minimum absolute atomic E-state index is 0.413. The lowest BCUT2D eigenvalue weighted by Gasteiger charge is -2.44. The van der Waals surface area contributed by atoms with Gasteiger partial charge in [-0.2, -0.15) is 0 Å².